The Hall–Kier alpha value is -2.36. The maximum atomic E-state index is 5.91. The number of aromatic nitrogens is 3. The van der Waals surface area contributed by atoms with Gasteiger partial charge in [0, 0.05) is 11.3 Å². The minimum absolute atomic E-state index is 0.524. The van der Waals surface area contributed by atoms with E-state index in [4.69, 9.17) is 5.73 Å². The Morgan fingerprint density at radius 3 is 2.35 bits per heavy atom. The highest BCUT2D eigenvalue weighted by Gasteiger charge is 2.09. The third-order valence-electron chi connectivity index (χ3n) is 3.64. The summed E-state index contributed by atoms with van der Waals surface area (Å²) in [6.45, 7) is 6.34. The molecular formula is C16H18N4. The predicted molar refractivity (Wildman–Crippen MR) is 82.1 cm³/mol. The fourth-order valence-corrected chi connectivity index (χ4v) is 2.24. The van der Waals surface area contributed by atoms with Crippen LogP contribution in [0.15, 0.2) is 36.4 Å². The van der Waals surface area contributed by atoms with Crippen LogP contribution in [0.5, 0.6) is 0 Å². The van der Waals surface area contributed by atoms with E-state index in [0.717, 1.165) is 28.0 Å². The molecule has 1 aromatic heterocycles. The van der Waals surface area contributed by atoms with Gasteiger partial charge in [0.15, 0.2) is 0 Å². The van der Waals surface area contributed by atoms with Gasteiger partial charge in [0.05, 0.1) is 5.69 Å². The van der Waals surface area contributed by atoms with Crippen molar-refractivity contribution in [1.29, 1.82) is 0 Å². The van der Waals surface area contributed by atoms with E-state index in [0.29, 0.717) is 5.92 Å². The van der Waals surface area contributed by atoms with E-state index in [1.54, 1.807) is 4.80 Å². The highest BCUT2D eigenvalue weighted by atomic mass is 15.5. The highest BCUT2D eigenvalue weighted by Crippen LogP contribution is 2.22. The lowest BCUT2D eigenvalue weighted by Gasteiger charge is -2.05. The Kier molecular flexibility index (Phi) is 2.93. The second-order valence-electron chi connectivity index (χ2n) is 5.38. The zero-order valence-corrected chi connectivity index (χ0v) is 12.0. The molecule has 0 amide bonds. The number of rotatable bonds is 2. The molecule has 0 atom stereocenters. The predicted octanol–water partition coefficient (Wildman–Crippen LogP) is 3.43. The molecule has 0 aliphatic carbocycles. The first kappa shape index (κ1) is 12.7. The number of hydrogen-bond donors (Lipinski definition) is 1. The minimum Gasteiger partial charge on any atom is -0.398 e. The number of nitrogen functional groups attached to an aromatic ring is 1. The van der Waals surface area contributed by atoms with Crippen LogP contribution in [0.1, 0.15) is 30.9 Å². The largest absolute Gasteiger partial charge is 0.398 e. The van der Waals surface area contributed by atoms with Crippen LogP contribution in [-0.4, -0.2) is 15.0 Å². The molecule has 4 heteroatoms. The molecule has 1 heterocycles. The molecule has 0 unspecified atom stereocenters. The summed E-state index contributed by atoms with van der Waals surface area (Å²) in [6.07, 6.45) is 0. The fourth-order valence-electron chi connectivity index (χ4n) is 2.24. The Labute approximate surface area is 118 Å². The lowest BCUT2D eigenvalue weighted by Crippen LogP contribution is -1.99. The fraction of sp³-hybridized carbons (Fsp3) is 0.250. The van der Waals surface area contributed by atoms with E-state index in [-0.39, 0.29) is 0 Å². The van der Waals surface area contributed by atoms with Crippen LogP contribution in [0.4, 0.5) is 5.69 Å². The van der Waals surface area contributed by atoms with Crippen LogP contribution >= 0.6 is 0 Å². The van der Waals surface area contributed by atoms with Crippen LogP contribution in [-0.2, 0) is 0 Å². The van der Waals surface area contributed by atoms with Gasteiger partial charge in [-0.15, -0.1) is 10.2 Å². The molecule has 3 rings (SSSR count). The SMILES string of the molecule is Cc1c(N)ccc2nn(-c3ccc(C(C)C)cc3)nc12. The summed E-state index contributed by atoms with van der Waals surface area (Å²) in [5.74, 6) is 0.524. The molecule has 0 bridgehead atoms. The molecule has 2 aromatic carbocycles. The first-order chi connectivity index (χ1) is 9.56. The van der Waals surface area contributed by atoms with Crippen molar-refractivity contribution in [3.05, 3.63) is 47.5 Å². The van der Waals surface area contributed by atoms with Crippen LogP contribution in [0.25, 0.3) is 16.7 Å². The molecule has 0 aliphatic rings. The van der Waals surface area contributed by atoms with E-state index in [1.165, 1.54) is 5.56 Å². The van der Waals surface area contributed by atoms with Gasteiger partial charge in [-0.3, -0.25) is 0 Å². The zero-order valence-electron chi connectivity index (χ0n) is 12.0. The van der Waals surface area contributed by atoms with Gasteiger partial charge >= 0.3 is 0 Å². The summed E-state index contributed by atoms with van der Waals surface area (Å²) in [4.78, 5) is 1.67. The van der Waals surface area contributed by atoms with E-state index >= 15 is 0 Å². The lowest BCUT2D eigenvalue weighted by atomic mass is 10.0. The third kappa shape index (κ3) is 2.03. The molecular weight excluding hydrogens is 248 g/mol. The Morgan fingerprint density at radius 2 is 1.70 bits per heavy atom. The average Bonchev–Trinajstić information content (AvgIpc) is 2.88. The van der Waals surface area contributed by atoms with Crippen molar-refractivity contribution in [2.75, 3.05) is 5.73 Å². The Morgan fingerprint density at radius 1 is 1.00 bits per heavy atom. The van der Waals surface area contributed by atoms with Crippen molar-refractivity contribution in [3.63, 3.8) is 0 Å². The Balaban J connectivity index is 2.08. The van der Waals surface area contributed by atoms with Crippen molar-refractivity contribution < 1.29 is 0 Å². The number of hydrogen-bond acceptors (Lipinski definition) is 3. The maximum Gasteiger partial charge on any atom is 0.118 e. The van der Waals surface area contributed by atoms with E-state index in [2.05, 4.69) is 36.2 Å². The van der Waals surface area contributed by atoms with Crippen molar-refractivity contribution in [2.24, 2.45) is 0 Å². The van der Waals surface area contributed by atoms with Gasteiger partial charge in [-0.05, 0) is 42.7 Å². The minimum atomic E-state index is 0.524. The van der Waals surface area contributed by atoms with Gasteiger partial charge in [-0.1, -0.05) is 26.0 Å². The van der Waals surface area contributed by atoms with Crippen LogP contribution in [0.3, 0.4) is 0 Å². The topological polar surface area (TPSA) is 56.7 Å². The number of aryl methyl sites for hydroxylation is 1. The van der Waals surface area contributed by atoms with Gasteiger partial charge in [0.25, 0.3) is 0 Å². The number of nitrogens with two attached hydrogens (primary N) is 1. The molecule has 0 saturated heterocycles. The van der Waals surface area contributed by atoms with E-state index in [1.807, 2.05) is 31.2 Å². The number of benzene rings is 2. The zero-order chi connectivity index (χ0) is 14.3. The Bertz CT molecular complexity index is 754. The molecule has 102 valence electrons. The summed E-state index contributed by atoms with van der Waals surface area (Å²) in [5.41, 5.74) is 11.6. The third-order valence-corrected chi connectivity index (χ3v) is 3.64. The van der Waals surface area contributed by atoms with Gasteiger partial charge < -0.3 is 5.73 Å². The molecule has 0 fully saturated rings. The molecule has 2 N–H and O–H groups in total. The first-order valence-electron chi connectivity index (χ1n) is 6.78. The van der Waals surface area contributed by atoms with Crippen molar-refractivity contribution in [1.82, 2.24) is 15.0 Å². The standard InChI is InChI=1S/C16H18N4/c1-10(2)12-4-6-13(7-5-12)20-18-15-9-8-14(17)11(3)16(15)19-20/h4-10H,17H2,1-3H3. The monoisotopic (exact) mass is 266 g/mol. The molecule has 20 heavy (non-hydrogen) atoms. The van der Waals surface area contributed by atoms with Gasteiger partial charge in [0.1, 0.15) is 11.0 Å². The van der Waals surface area contributed by atoms with Crippen LogP contribution < -0.4 is 5.73 Å². The summed E-state index contributed by atoms with van der Waals surface area (Å²) >= 11 is 0. The van der Waals surface area contributed by atoms with Gasteiger partial charge in [0.2, 0.25) is 0 Å². The molecule has 0 saturated carbocycles. The summed E-state index contributed by atoms with van der Waals surface area (Å²) in [7, 11) is 0. The second-order valence-corrected chi connectivity index (χ2v) is 5.38. The highest BCUT2D eigenvalue weighted by molar-refractivity contribution is 5.82. The van der Waals surface area contributed by atoms with Gasteiger partial charge in [-0.2, -0.15) is 4.80 Å². The van der Waals surface area contributed by atoms with Crippen LogP contribution in [0, 0.1) is 6.92 Å². The summed E-state index contributed by atoms with van der Waals surface area (Å²) < 4.78 is 0. The van der Waals surface area contributed by atoms with E-state index in [9.17, 15) is 0 Å². The van der Waals surface area contributed by atoms with Crippen LogP contribution in [0.2, 0.25) is 0 Å². The molecule has 4 nitrogen and oxygen atoms in total. The molecule has 0 aliphatic heterocycles. The molecule has 0 spiro atoms. The smallest absolute Gasteiger partial charge is 0.118 e. The van der Waals surface area contributed by atoms with Gasteiger partial charge in [-0.25, -0.2) is 0 Å². The number of anilines is 1. The quantitative estimate of drug-likeness (QED) is 0.723. The van der Waals surface area contributed by atoms with Crippen molar-refractivity contribution in [3.8, 4) is 5.69 Å². The summed E-state index contributed by atoms with van der Waals surface area (Å²) in [6, 6.07) is 12.1. The lowest BCUT2D eigenvalue weighted by molar-refractivity contribution is 0.763. The molecule has 3 aromatic rings. The number of nitrogens with zero attached hydrogens (tertiary/aromatic N) is 3. The van der Waals surface area contributed by atoms with Crippen molar-refractivity contribution in [2.45, 2.75) is 26.7 Å². The second kappa shape index (κ2) is 4.63. The first-order valence-corrected chi connectivity index (χ1v) is 6.78. The summed E-state index contributed by atoms with van der Waals surface area (Å²) in [5, 5.41) is 9.05. The average molecular weight is 266 g/mol. The number of fused-ring (bicyclic) bond motifs is 1. The molecule has 0 radical (unpaired) electrons. The van der Waals surface area contributed by atoms with E-state index < -0.39 is 0 Å². The normalized spacial score (nSPS) is 11.4. The van der Waals surface area contributed by atoms with Crippen molar-refractivity contribution >= 4 is 16.7 Å². The maximum absolute atomic E-state index is 5.91.